The number of ether oxygens (including phenoxy) is 1. The van der Waals surface area contributed by atoms with Crippen LogP contribution < -0.4 is 0 Å². The summed E-state index contributed by atoms with van der Waals surface area (Å²) in [5.74, 6) is 1.33. The van der Waals surface area contributed by atoms with Gasteiger partial charge in [-0.2, -0.15) is 0 Å². The second-order valence-corrected chi connectivity index (χ2v) is 5.21. The van der Waals surface area contributed by atoms with Crippen LogP contribution in [0.1, 0.15) is 35.2 Å². The zero-order chi connectivity index (χ0) is 12.8. The molecule has 2 aliphatic carbocycles. The highest BCUT2D eigenvalue weighted by Crippen LogP contribution is 2.47. The first kappa shape index (κ1) is 11.3. The second-order valence-electron chi connectivity index (χ2n) is 5.21. The lowest BCUT2D eigenvalue weighted by Gasteiger charge is -2.30. The maximum atomic E-state index is 12.5. The van der Waals surface area contributed by atoms with Gasteiger partial charge in [0.1, 0.15) is 5.75 Å². The standard InChI is InChI=1S/C15H16O3/c1-18-12-4-6-15(7-5-12)9-10-2-3-11(16)8-13(10)14(15)17/h2-4,8,16H,5-7,9H2,1H3. The number of benzene rings is 1. The molecule has 1 spiro atoms. The van der Waals surface area contributed by atoms with Crippen LogP contribution in [-0.4, -0.2) is 18.0 Å². The van der Waals surface area contributed by atoms with Crippen LogP contribution in [0.4, 0.5) is 0 Å². The Kier molecular flexibility index (Phi) is 2.44. The summed E-state index contributed by atoms with van der Waals surface area (Å²) >= 11 is 0. The molecular formula is C15H16O3. The molecule has 94 valence electrons. The number of phenolic OH excluding ortho intramolecular Hbond substituents is 1. The third kappa shape index (κ3) is 1.54. The van der Waals surface area contributed by atoms with Crippen LogP contribution in [0, 0.1) is 5.41 Å². The third-order valence-electron chi connectivity index (χ3n) is 4.18. The lowest BCUT2D eigenvalue weighted by Crippen LogP contribution is -2.30. The summed E-state index contributed by atoms with van der Waals surface area (Å²) in [4.78, 5) is 12.5. The highest BCUT2D eigenvalue weighted by molar-refractivity contribution is 6.05. The van der Waals surface area contributed by atoms with Crippen molar-refractivity contribution in [3.8, 4) is 5.75 Å². The first-order valence-electron chi connectivity index (χ1n) is 6.24. The molecule has 0 radical (unpaired) electrons. The lowest BCUT2D eigenvalue weighted by molar-refractivity contribution is 0.0784. The molecule has 2 aliphatic rings. The van der Waals surface area contributed by atoms with Crippen LogP contribution in [0.2, 0.25) is 0 Å². The van der Waals surface area contributed by atoms with E-state index >= 15 is 0 Å². The van der Waals surface area contributed by atoms with Gasteiger partial charge >= 0.3 is 0 Å². The predicted molar refractivity (Wildman–Crippen MR) is 67.5 cm³/mol. The highest BCUT2D eigenvalue weighted by atomic mass is 16.5. The van der Waals surface area contributed by atoms with Crippen molar-refractivity contribution in [2.75, 3.05) is 7.11 Å². The fourth-order valence-electron chi connectivity index (χ4n) is 3.09. The average Bonchev–Trinajstić information content (AvgIpc) is 2.65. The fraction of sp³-hybridized carbons (Fsp3) is 0.400. The molecule has 0 bridgehead atoms. The minimum atomic E-state index is -0.293. The molecule has 1 aromatic carbocycles. The SMILES string of the molecule is COC1=CCC2(CC1)Cc1ccc(O)cc1C2=O. The van der Waals surface area contributed by atoms with Gasteiger partial charge in [-0.25, -0.2) is 0 Å². The Morgan fingerprint density at radius 3 is 2.89 bits per heavy atom. The Morgan fingerprint density at radius 1 is 1.39 bits per heavy atom. The Morgan fingerprint density at radius 2 is 2.22 bits per heavy atom. The predicted octanol–water partition coefficient (Wildman–Crippen LogP) is 2.83. The van der Waals surface area contributed by atoms with Crippen molar-refractivity contribution in [1.82, 2.24) is 0 Å². The van der Waals surface area contributed by atoms with Crippen LogP contribution in [0.25, 0.3) is 0 Å². The maximum Gasteiger partial charge on any atom is 0.170 e. The van der Waals surface area contributed by atoms with Crippen molar-refractivity contribution >= 4 is 5.78 Å². The molecule has 18 heavy (non-hydrogen) atoms. The number of carbonyl (C=O) groups is 1. The molecule has 0 heterocycles. The number of rotatable bonds is 1. The number of methoxy groups -OCH3 is 1. The van der Waals surface area contributed by atoms with E-state index in [1.54, 1.807) is 19.2 Å². The number of allylic oxidation sites excluding steroid dienone is 2. The molecule has 1 N–H and O–H groups in total. The fourth-order valence-corrected chi connectivity index (χ4v) is 3.09. The summed E-state index contributed by atoms with van der Waals surface area (Å²) in [5, 5.41) is 9.50. The Labute approximate surface area is 106 Å². The molecule has 0 saturated heterocycles. The molecule has 1 atom stereocenters. The number of carbonyl (C=O) groups excluding carboxylic acids is 1. The average molecular weight is 244 g/mol. The molecule has 3 nitrogen and oxygen atoms in total. The molecule has 0 aliphatic heterocycles. The molecule has 3 rings (SSSR count). The number of aromatic hydroxyl groups is 1. The Bertz CT molecular complexity index is 545. The zero-order valence-corrected chi connectivity index (χ0v) is 10.4. The van der Waals surface area contributed by atoms with E-state index in [-0.39, 0.29) is 16.9 Å². The van der Waals surface area contributed by atoms with Gasteiger partial charge in [0.2, 0.25) is 0 Å². The minimum absolute atomic E-state index is 0.170. The number of hydrogen-bond acceptors (Lipinski definition) is 3. The quantitative estimate of drug-likeness (QED) is 0.826. The largest absolute Gasteiger partial charge is 0.508 e. The number of hydrogen-bond donors (Lipinski definition) is 1. The molecule has 1 unspecified atom stereocenters. The van der Waals surface area contributed by atoms with E-state index in [9.17, 15) is 9.90 Å². The van der Waals surface area contributed by atoms with Crippen molar-refractivity contribution in [3.05, 3.63) is 41.2 Å². The van der Waals surface area contributed by atoms with Crippen molar-refractivity contribution in [2.24, 2.45) is 5.41 Å². The van der Waals surface area contributed by atoms with Crippen LogP contribution in [0.15, 0.2) is 30.0 Å². The maximum absolute atomic E-state index is 12.5. The van der Waals surface area contributed by atoms with Gasteiger partial charge in [-0.05, 0) is 43.0 Å². The Balaban J connectivity index is 1.95. The topological polar surface area (TPSA) is 46.5 Å². The van der Waals surface area contributed by atoms with E-state index in [1.807, 2.05) is 12.1 Å². The van der Waals surface area contributed by atoms with Gasteiger partial charge in [-0.3, -0.25) is 4.79 Å². The number of ketones is 1. The van der Waals surface area contributed by atoms with E-state index in [0.29, 0.717) is 5.56 Å². The summed E-state index contributed by atoms with van der Waals surface area (Å²) in [7, 11) is 1.67. The number of phenols is 1. The van der Waals surface area contributed by atoms with Crippen LogP contribution in [-0.2, 0) is 11.2 Å². The van der Waals surface area contributed by atoms with Gasteiger partial charge in [0.15, 0.2) is 5.78 Å². The van der Waals surface area contributed by atoms with E-state index in [4.69, 9.17) is 4.74 Å². The molecule has 0 saturated carbocycles. The van der Waals surface area contributed by atoms with Gasteiger partial charge in [-0.1, -0.05) is 6.07 Å². The van der Waals surface area contributed by atoms with E-state index in [0.717, 1.165) is 37.0 Å². The highest BCUT2D eigenvalue weighted by Gasteiger charge is 2.45. The third-order valence-corrected chi connectivity index (χ3v) is 4.18. The van der Waals surface area contributed by atoms with Crippen molar-refractivity contribution in [3.63, 3.8) is 0 Å². The zero-order valence-electron chi connectivity index (χ0n) is 10.4. The summed E-state index contributed by atoms with van der Waals surface area (Å²) in [5.41, 5.74) is 1.47. The summed E-state index contributed by atoms with van der Waals surface area (Å²) in [6, 6.07) is 5.12. The molecule has 0 aromatic heterocycles. The van der Waals surface area contributed by atoms with Crippen LogP contribution in [0.3, 0.4) is 0 Å². The van der Waals surface area contributed by atoms with E-state index in [1.165, 1.54) is 0 Å². The molecule has 0 amide bonds. The Hall–Kier alpha value is -1.77. The molecule has 1 aromatic rings. The minimum Gasteiger partial charge on any atom is -0.508 e. The first-order valence-corrected chi connectivity index (χ1v) is 6.24. The van der Waals surface area contributed by atoms with Crippen molar-refractivity contribution in [1.29, 1.82) is 0 Å². The number of fused-ring (bicyclic) bond motifs is 1. The smallest absolute Gasteiger partial charge is 0.170 e. The number of Topliss-reactive ketones (excluding diaryl/α,β-unsaturated/α-hetero) is 1. The molecular weight excluding hydrogens is 228 g/mol. The van der Waals surface area contributed by atoms with Gasteiger partial charge < -0.3 is 9.84 Å². The summed E-state index contributed by atoms with van der Waals surface area (Å²) in [6.07, 6.45) is 5.22. The van der Waals surface area contributed by atoms with Gasteiger partial charge in [-0.15, -0.1) is 0 Å². The van der Waals surface area contributed by atoms with E-state index in [2.05, 4.69) is 0 Å². The van der Waals surface area contributed by atoms with Crippen LogP contribution in [0.5, 0.6) is 5.75 Å². The second kappa shape index (κ2) is 3.87. The van der Waals surface area contributed by atoms with Crippen molar-refractivity contribution < 1.29 is 14.6 Å². The van der Waals surface area contributed by atoms with E-state index < -0.39 is 0 Å². The summed E-state index contributed by atoms with van der Waals surface area (Å²) < 4.78 is 5.24. The van der Waals surface area contributed by atoms with Gasteiger partial charge in [0, 0.05) is 17.4 Å². The normalized spacial score (nSPS) is 26.1. The lowest BCUT2D eigenvalue weighted by atomic mass is 9.73. The monoisotopic (exact) mass is 244 g/mol. The van der Waals surface area contributed by atoms with Crippen molar-refractivity contribution in [2.45, 2.75) is 25.7 Å². The van der Waals surface area contributed by atoms with Crippen LogP contribution >= 0.6 is 0 Å². The molecule has 3 heteroatoms. The first-order chi connectivity index (χ1) is 8.64. The molecule has 0 fully saturated rings. The van der Waals surface area contributed by atoms with Gasteiger partial charge in [0.05, 0.1) is 12.9 Å². The van der Waals surface area contributed by atoms with Gasteiger partial charge in [0.25, 0.3) is 0 Å². The summed E-state index contributed by atoms with van der Waals surface area (Å²) in [6.45, 7) is 0.